The largest absolute Gasteiger partial charge is 0.478 e. The number of rotatable bonds is 10. The minimum absolute atomic E-state index is 0.0425. The van der Waals surface area contributed by atoms with Gasteiger partial charge in [0.1, 0.15) is 4.88 Å². The normalized spacial score (nSPS) is 21.1. The van der Waals surface area contributed by atoms with Crippen LogP contribution in [0, 0.1) is 11.8 Å². The average molecular weight is 556 g/mol. The molecule has 0 spiro atoms. The monoisotopic (exact) mass is 555 g/mol. The highest BCUT2D eigenvalue weighted by Gasteiger charge is 2.35. The van der Waals surface area contributed by atoms with Gasteiger partial charge in [-0.25, -0.2) is 9.78 Å². The van der Waals surface area contributed by atoms with Gasteiger partial charge in [-0.1, -0.05) is 27.7 Å². The van der Waals surface area contributed by atoms with Gasteiger partial charge in [0, 0.05) is 42.1 Å². The fraction of sp³-hybridized carbons (Fsp3) is 0.645. The molecule has 4 rings (SSSR count). The topological polar surface area (TPSA) is 83.0 Å². The van der Waals surface area contributed by atoms with Gasteiger partial charge in [-0.2, -0.15) is 0 Å². The Bertz CT molecular complexity index is 1130. The van der Waals surface area contributed by atoms with E-state index in [-0.39, 0.29) is 28.2 Å². The predicted octanol–water partition coefficient (Wildman–Crippen LogP) is 6.75. The quantitative estimate of drug-likeness (QED) is 0.349. The van der Waals surface area contributed by atoms with Crippen molar-refractivity contribution in [3.63, 3.8) is 0 Å². The second-order valence-electron chi connectivity index (χ2n) is 12.5. The van der Waals surface area contributed by atoms with E-state index in [9.17, 15) is 14.7 Å². The van der Waals surface area contributed by atoms with E-state index in [1.165, 1.54) is 29.7 Å². The average Bonchev–Trinajstić information content (AvgIpc) is 3.55. The number of amides is 1. The van der Waals surface area contributed by atoms with E-state index in [0.29, 0.717) is 30.5 Å². The molecule has 2 aliphatic rings. The first-order valence-corrected chi connectivity index (χ1v) is 15.4. The van der Waals surface area contributed by atoms with Gasteiger partial charge in [-0.05, 0) is 87.6 Å². The van der Waals surface area contributed by atoms with E-state index in [2.05, 4.69) is 37.6 Å². The molecule has 2 fully saturated rings. The van der Waals surface area contributed by atoms with Crippen LogP contribution in [0.4, 0.5) is 5.69 Å². The maximum absolute atomic E-state index is 14.0. The van der Waals surface area contributed by atoms with Gasteiger partial charge in [0.15, 0.2) is 0 Å². The Balaban J connectivity index is 1.51. The zero-order valence-electron chi connectivity index (χ0n) is 24.2. The van der Waals surface area contributed by atoms with E-state index in [1.54, 1.807) is 11.1 Å². The predicted molar refractivity (Wildman–Crippen MR) is 157 cm³/mol. The Hall–Kier alpha value is -2.45. The molecule has 1 N–H and O–H groups in total. The molecule has 1 aliphatic carbocycles. The summed E-state index contributed by atoms with van der Waals surface area (Å²) in [6.45, 7) is 14.0. The number of nitrogens with zero attached hydrogens (tertiary/aromatic N) is 3. The smallest absolute Gasteiger partial charge is 0.348 e. The number of pyridine rings is 1. The molecule has 214 valence electrons. The van der Waals surface area contributed by atoms with Crippen LogP contribution in [0.1, 0.15) is 99.7 Å². The van der Waals surface area contributed by atoms with Crippen molar-refractivity contribution in [2.45, 2.75) is 97.6 Å². The number of hydrogen-bond donors (Lipinski definition) is 1. The number of carbonyl (C=O) groups is 2. The van der Waals surface area contributed by atoms with Gasteiger partial charge in [0.25, 0.3) is 0 Å². The van der Waals surface area contributed by atoms with Gasteiger partial charge in [0.05, 0.1) is 12.3 Å². The van der Waals surface area contributed by atoms with E-state index in [4.69, 9.17) is 4.74 Å². The molecule has 0 aromatic carbocycles. The Morgan fingerprint density at radius 3 is 2.51 bits per heavy atom. The molecule has 2 aromatic heterocycles. The maximum Gasteiger partial charge on any atom is 0.348 e. The van der Waals surface area contributed by atoms with Crippen molar-refractivity contribution >= 4 is 28.9 Å². The van der Waals surface area contributed by atoms with Crippen molar-refractivity contribution in [1.82, 2.24) is 9.88 Å². The maximum atomic E-state index is 14.0. The van der Waals surface area contributed by atoms with Crippen molar-refractivity contribution < 1.29 is 19.4 Å². The zero-order valence-corrected chi connectivity index (χ0v) is 25.1. The number of likely N-dealkylation sites (tertiary alicyclic amines) is 1. The van der Waals surface area contributed by atoms with E-state index >= 15 is 0 Å². The van der Waals surface area contributed by atoms with Crippen molar-refractivity contribution in [1.29, 1.82) is 0 Å². The van der Waals surface area contributed by atoms with Crippen LogP contribution in [-0.2, 0) is 16.8 Å². The van der Waals surface area contributed by atoms with Crippen molar-refractivity contribution in [3.8, 4) is 5.88 Å². The second-order valence-corrected chi connectivity index (χ2v) is 13.6. The highest BCUT2D eigenvalue weighted by Crippen LogP contribution is 2.40. The number of hydrogen-bond acceptors (Lipinski definition) is 6. The van der Waals surface area contributed by atoms with Crippen LogP contribution in [-0.4, -0.2) is 52.6 Å². The first kappa shape index (κ1) is 29.5. The molecule has 39 heavy (non-hydrogen) atoms. The molecule has 1 atom stereocenters. The lowest BCUT2D eigenvalue weighted by molar-refractivity contribution is -0.124. The standard InChI is InChI=1S/C31H45N3O4S/c1-21-8-10-24(11-9-21)29(35)34(25-19-26(31(3,4)5)39-28(25)30(36)37)22(2)13-17-38-27-18-23(12-14-32-27)20-33-15-6-7-16-33/h12,14,18-19,21-22,24H,6-11,13,15-17,20H2,1-5H3,(H,36,37)/t21?,22-,24?/m0/s1. The van der Waals surface area contributed by atoms with Crippen molar-refractivity contribution in [3.05, 3.63) is 39.7 Å². The number of carboxylic acid groups (broad SMARTS) is 1. The third-order valence-electron chi connectivity index (χ3n) is 8.14. The number of aromatic nitrogens is 1. The summed E-state index contributed by atoms with van der Waals surface area (Å²) in [5.41, 5.74) is 1.51. The summed E-state index contributed by atoms with van der Waals surface area (Å²) in [6, 6.07) is 5.76. The van der Waals surface area contributed by atoms with Gasteiger partial charge in [0.2, 0.25) is 11.8 Å². The lowest BCUT2D eigenvalue weighted by Gasteiger charge is -2.35. The first-order valence-electron chi connectivity index (χ1n) is 14.5. The third-order valence-corrected chi connectivity index (χ3v) is 9.68. The number of ether oxygens (including phenoxy) is 1. The van der Waals surface area contributed by atoms with Crippen LogP contribution in [0.15, 0.2) is 24.4 Å². The molecule has 1 saturated heterocycles. The highest BCUT2D eigenvalue weighted by atomic mass is 32.1. The number of aromatic carboxylic acids is 1. The molecule has 8 heteroatoms. The third kappa shape index (κ3) is 7.60. The summed E-state index contributed by atoms with van der Waals surface area (Å²) in [6.07, 6.45) is 8.65. The molecule has 0 radical (unpaired) electrons. The van der Waals surface area contributed by atoms with E-state index in [1.807, 2.05) is 25.1 Å². The number of thiophene rings is 1. The van der Waals surface area contributed by atoms with Gasteiger partial charge >= 0.3 is 5.97 Å². The molecule has 0 unspecified atom stereocenters. The Morgan fingerprint density at radius 2 is 1.87 bits per heavy atom. The summed E-state index contributed by atoms with van der Waals surface area (Å²) in [4.78, 5) is 36.1. The minimum atomic E-state index is -0.983. The van der Waals surface area contributed by atoms with Crippen LogP contribution in [0.2, 0.25) is 0 Å². The molecule has 3 heterocycles. The summed E-state index contributed by atoms with van der Waals surface area (Å²) < 4.78 is 6.06. The van der Waals surface area contributed by atoms with Crippen LogP contribution in [0.5, 0.6) is 5.88 Å². The van der Waals surface area contributed by atoms with E-state index in [0.717, 1.165) is 50.2 Å². The molecule has 0 bridgehead atoms. The highest BCUT2D eigenvalue weighted by molar-refractivity contribution is 7.14. The summed E-state index contributed by atoms with van der Waals surface area (Å²) in [7, 11) is 0. The summed E-state index contributed by atoms with van der Waals surface area (Å²) in [5, 5.41) is 10.1. The lowest BCUT2D eigenvalue weighted by Crippen LogP contribution is -2.44. The summed E-state index contributed by atoms with van der Waals surface area (Å²) >= 11 is 1.28. The molecule has 2 aromatic rings. The Morgan fingerprint density at radius 1 is 1.18 bits per heavy atom. The van der Waals surface area contributed by atoms with Gasteiger partial charge in [-0.3, -0.25) is 9.69 Å². The van der Waals surface area contributed by atoms with Crippen LogP contribution in [0.25, 0.3) is 0 Å². The minimum Gasteiger partial charge on any atom is -0.478 e. The van der Waals surface area contributed by atoms with Crippen LogP contribution in [0.3, 0.4) is 0 Å². The van der Waals surface area contributed by atoms with Gasteiger partial charge < -0.3 is 14.7 Å². The fourth-order valence-corrected chi connectivity index (χ4v) is 6.70. The Kier molecular flexibility index (Phi) is 9.70. The van der Waals surface area contributed by atoms with Crippen LogP contribution >= 0.6 is 11.3 Å². The Labute approximate surface area is 237 Å². The number of carboxylic acids is 1. The fourth-order valence-electron chi connectivity index (χ4n) is 5.65. The molecular formula is C31H45N3O4S. The van der Waals surface area contributed by atoms with Crippen molar-refractivity contribution in [2.75, 3.05) is 24.6 Å². The van der Waals surface area contributed by atoms with Crippen molar-refractivity contribution in [2.24, 2.45) is 11.8 Å². The molecular weight excluding hydrogens is 510 g/mol. The number of anilines is 1. The SMILES string of the molecule is CC1CCC(C(=O)N(c2cc(C(C)(C)C)sc2C(=O)O)[C@@H](C)CCOc2cc(CN3CCCC3)ccn2)CC1. The lowest BCUT2D eigenvalue weighted by atomic mass is 9.82. The van der Waals surface area contributed by atoms with Crippen LogP contribution < -0.4 is 9.64 Å². The van der Waals surface area contributed by atoms with Gasteiger partial charge in [-0.15, -0.1) is 11.3 Å². The number of carbonyl (C=O) groups excluding carboxylic acids is 1. The molecule has 1 aliphatic heterocycles. The molecule has 1 saturated carbocycles. The zero-order chi connectivity index (χ0) is 28.2. The molecule has 1 amide bonds. The summed E-state index contributed by atoms with van der Waals surface area (Å²) in [5.74, 6) is 0.206. The second kappa shape index (κ2) is 12.8. The first-order chi connectivity index (χ1) is 18.5. The molecule has 7 nitrogen and oxygen atoms in total. The van der Waals surface area contributed by atoms with E-state index < -0.39 is 5.97 Å².